The van der Waals surface area contributed by atoms with Crippen molar-refractivity contribution in [1.29, 1.82) is 0 Å². The third-order valence-electron chi connectivity index (χ3n) is 6.90. The lowest BCUT2D eigenvalue weighted by atomic mass is 9.78. The number of piperidine rings is 1. The van der Waals surface area contributed by atoms with Gasteiger partial charge in [-0.3, -0.25) is 0 Å². The number of hydrogen-bond donors (Lipinski definition) is 2. The van der Waals surface area contributed by atoms with Crippen LogP contribution in [-0.2, 0) is 0 Å². The summed E-state index contributed by atoms with van der Waals surface area (Å²) in [6.45, 7) is 6.07. The number of nitrogens with one attached hydrogen (secondary N) is 1. The van der Waals surface area contributed by atoms with Crippen LogP contribution in [0.2, 0.25) is 0 Å². The van der Waals surface area contributed by atoms with Crippen molar-refractivity contribution in [3.8, 4) is 34.1 Å². The zero-order chi connectivity index (χ0) is 23.2. The molecule has 33 heavy (non-hydrogen) atoms. The molecule has 2 N–H and O–H groups in total. The average Bonchev–Trinajstić information content (AvgIpc) is 3.18. The number of phenols is 1. The fourth-order valence-corrected chi connectivity index (χ4v) is 5.00. The first-order chi connectivity index (χ1) is 15.9. The monoisotopic (exact) mass is 447 g/mol. The van der Waals surface area contributed by atoms with Crippen LogP contribution >= 0.6 is 0 Å². The SMILES string of the molecule is C=C(c1cnc(-c2ccc(-c3ccnc(OC)c3)cc2O)nn1)[C@@H]1CC2CC[C@](C)(N2)[C@@H]1F. The molecule has 0 aliphatic carbocycles. The number of phenolic OH excluding ortho intramolecular Hbond substituents is 1. The largest absolute Gasteiger partial charge is 0.507 e. The highest BCUT2D eigenvalue weighted by Gasteiger charge is 2.51. The van der Waals surface area contributed by atoms with Crippen LogP contribution in [0.3, 0.4) is 0 Å². The Morgan fingerprint density at radius 3 is 2.76 bits per heavy atom. The summed E-state index contributed by atoms with van der Waals surface area (Å²) in [6, 6.07) is 9.17. The highest BCUT2D eigenvalue weighted by molar-refractivity contribution is 5.73. The van der Waals surface area contributed by atoms with Crippen molar-refractivity contribution in [2.45, 2.75) is 43.9 Å². The van der Waals surface area contributed by atoms with E-state index in [0.717, 1.165) is 24.0 Å². The number of allylic oxidation sites excluding steroid dienone is 1. The van der Waals surface area contributed by atoms with Gasteiger partial charge in [0.05, 0.1) is 18.9 Å². The molecular formula is C25H26FN5O2. The fourth-order valence-electron chi connectivity index (χ4n) is 5.00. The molecule has 0 spiro atoms. The van der Waals surface area contributed by atoms with Crippen LogP contribution in [0, 0.1) is 5.92 Å². The number of pyridine rings is 1. The van der Waals surface area contributed by atoms with Gasteiger partial charge in [-0.25, -0.2) is 14.4 Å². The minimum atomic E-state index is -1.03. The van der Waals surface area contributed by atoms with Crippen molar-refractivity contribution in [1.82, 2.24) is 25.5 Å². The summed E-state index contributed by atoms with van der Waals surface area (Å²) >= 11 is 0. The van der Waals surface area contributed by atoms with E-state index in [9.17, 15) is 5.11 Å². The summed E-state index contributed by atoms with van der Waals surface area (Å²) in [5.41, 5.74) is 2.72. The molecule has 2 aliphatic heterocycles. The predicted octanol–water partition coefficient (Wildman–Crippen LogP) is 4.20. The molecule has 2 fully saturated rings. The molecule has 1 aromatic carbocycles. The van der Waals surface area contributed by atoms with Gasteiger partial charge >= 0.3 is 0 Å². The van der Waals surface area contributed by atoms with Gasteiger partial charge in [-0.15, -0.1) is 10.2 Å². The Balaban J connectivity index is 1.37. The van der Waals surface area contributed by atoms with E-state index in [-0.39, 0.29) is 17.5 Å². The Morgan fingerprint density at radius 1 is 1.21 bits per heavy atom. The average molecular weight is 448 g/mol. The van der Waals surface area contributed by atoms with Crippen LogP contribution in [-0.4, -0.2) is 50.1 Å². The molecule has 7 nitrogen and oxygen atoms in total. The molecule has 0 saturated carbocycles. The van der Waals surface area contributed by atoms with Gasteiger partial charge in [0.25, 0.3) is 0 Å². The van der Waals surface area contributed by atoms with E-state index in [4.69, 9.17) is 4.74 Å². The lowest BCUT2D eigenvalue weighted by Crippen LogP contribution is -2.56. The number of aromatic nitrogens is 4. The lowest BCUT2D eigenvalue weighted by Gasteiger charge is -2.40. The number of benzene rings is 1. The smallest absolute Gasteiger partial charge is 0.213 e. The minimum absolute atomic E-state index is 0.0309. The molecule has 2 bridgehead atoms. The molecule has 0 radical (unpaired) electrons. The van der Waals surface area contributed by atoms with Gasteiger partial charge in [0.2, 0.25) is 5.88 Å². The summed E-state index contributed by atoms with van der Waals surface area (Å²) in [4.78, 5) is 8.49. The van der Waals surface area contributed by atoms with E-state index in [2.05, 4.69) is 32.1 Å². The highest BCUT2D eigenvalue weighted by atomic mass is 19.1. The van der Waals surface area contributed by atoms with Crippen LogP contribution in [0.4, 0.5) is 4.39 Å². The maximum absolute atomic E-state index is 15.2. The minimum Gasteiger partial charge on any atom is -0.507 e. The van der Waals surface area contributed by atoms with E-state index in [0.29, 0.717) is 35.2 Å². The second kappa shape index (κ2) is 8.19. The standard InChI is InChI=1S/C25H26FN5O2/c1-14(19-12-17-6-8-25(2,29-17)23(19)26)20-13-28-24(31-30-20)18-5-4-15(10-21(18)32)16-7-9-27-22(11-16)33-3/h4-5,7,9-11,13,17,19,23,29,32H,1,6,8,12H2,2-3H3/t17?,19-,23+,25-/m0/s1. The number of ether oxygens (including phenoxy) is 1. The molecule has 0 amide bonds. The Kier molecular flexibility index (Phi) is 5.32. The van der Waals surface area contributed by atoms with Crippen molar-refractivity contribution < 1.29 is 14.2 Å². The molecule has 2 aliphatic rings. The number of fused-ring (bicyclic) bond motifs is 2. The number of halogens is 1. The Hall–Kier alpha value is -3.39. The third-order valence-corrected chi connectivity index (χ3v) is 6.90. The first kappa shape index (κ1) is 21.5. The molecule has 170 valence electrons. The molecule has 2 saturated heterocycles. The van der Waals surface area contributed by atoms with Crippen LogP contribution in [0.5, 0.6) is 11.6 Å². The third kappa shape index (κ3) is 3.84. The topological polar surface area (TPSA) is 93.1 Å². The molecular weight excluding hydrogens is 421 g/mol. The highest BCUT2D eigenvalue weighted by Crippen LogP contribution is 2.45. The zero-order valence-corrected chi connectivity index (χ0v) is 18.6. The summed E-state index contributed by atoms with van der Waals surface area (Å²) in [5, 5.41) is 22.5. The molecule has 8 heteroatoms. The van der Waals surface area contributed by atoms with Gasteiger partial charge < -0.3 is 15.2 Å². The quantitative estimate of drug-likeness (QED) is 0.606. The summed E-state index contributed by atoms with van der Waals surface area (Å²) in [5.74, 6) is 0.502. The Bertz CT molecular complexity index is 1200. The molecule has 1 unspecified atom stereocenters. The van der Waals surface area contributed by atoms with Crippen molar-refractivity contribution in [3.63, 3.8) is 0 Å². The molecule has 3 aromatic rings. The second-order valence-corrected chi connectivity index (χ2v) is 9.05. The Morgan fingerprint density at radius 2 is 2.03 bits per heavy atom. The summed E-state index contributed by atoms with van der Waals surface area (Å²) in [7, 11) is 1.55. The summed E-state index contributed by atoms with van der Waals surface area (Å²) in [6.07, 6.45) is 4.67. The second-order valence-electron chi connectivity index (χ2n) is 9.05. The summed E-state index contributed by atoms with van der Waals surface area (Å²) < 4.78 is 20.4. The van der Waals surface area contributed by atoms with E-state index in [1.54, 1.807) is 37.7 Å². The van der Waals surface area contributed by atoms with Gasteiger partial charge in [-0.1, -0.05) is 12.6 Å². The number of rotatable bonds is 5. The predicted molar refractivity (Wildman–Crippen MR) is 123 cm³/mol. The van der Waals surface area contributed by atoms with Crippen LogP contribution < -0.4 is 10.1 Å². The maximum Gasteiger partial charge on any atom is 0.213 e. The number of aromatic hydroxyl groups is 1. The normalized spacial score (nSPS) is 26.2. The van der Waals surface area contributed by atoms with Gasteiger partial charge in [0.15, 0.2) is 5.82 Å². The van der Waals surface area contributed by atoms with Crippen molar-refractivity contribution in [2.75, 3.05) is 7.11 Å². The fraction of sp³-hybridized carbons (Fsp3) is 0.360. The number of methoxy groups -OCH3 is 1. The van der Waals surface area contributed by atoms with E-state index >= 15 is 4.39 Å². The molecule has 4 atom stereocenters. The Labute approximate surface area is 191 Å². The lowest BCUT2D eigenvalue weighted by molar-refractivity contribution is 0.103. The van der Waals surface area contributed by atoms with Crippen LogP contribution in [0.15, 0.2) is 49.3 Å². The van der Waals surface area contributed by atoms with Gasteiger partial charge in [0.1, 0.15) is 17.6 Å². The zero-order valence-electron chi connectivity index (χ0n) is 18.6. The molecule has 2 aromatic heterocycles. The van der Waals surface area contributed by atoms with E-state index in [1.807, 2.05) is 19.1 Å². The van der Waals surface area contributed by atoms with Crippen molar-refractivity contribution in [2.24, 2.45) is 5.92 Å². The van der Waals surface area contributed by atoms with Crippen molar-refractivity contribution >= 4 is 5.57 Å². The number of alkyl halides is 1. The molecule has 5 rings (SSSR count). The van der Waals surface area contributed by atoms with Crippen LogP contribution in [0.1, 0.15) is 31.9 Å². The number of hydrogen-bond acceptors (Lipinski definition) is 7. The van der Waals surface area contributed by atoms with Crippen LogP contribution in [0.25, 0.3) is 28.1 Å². The van der Waals surface area contributed by atoms with Gasteiger partial charge in [-0.2, -0.15) is 0 Å². The van der Waals surface area contributed by atoms with Gasteiger partial charge in [-0.05, 0) is 61.1 Å². The maximum atomic E-state index is 15.2. The van der Waals surface area contributed by atoms with E-state index < -0.39 is 11.7 Å². The van der Waals surface area contributed by atoms with Gasteiger partial charge in [0, 0.05) is 29.8 Å². The van der Waals surface area contributed by atoms with Crippen molar-refractivity contribution in [3.05, 3.63) is 55.0 Å². The first-order valence-corrected chi connectivity index (χ1v) is 11.0. The first-order valence-electron chi connectivity index (χ1n) is 11.0. The molecule has 4 heterocycles. The number of nitrogens with zero attached hydrogens (tertiary/aromatic N) is 4. The van der Waals surface area contributed by atoms with E-state index in [1.165, 1.54) is 0 Å².